The highest BCUT2D eigenvalue weighted by Crippen LogP contribution is 2.32. The van der Waals surface area contributed by atoms with Crippen molar-refractivity contribution in [2.45, 2.75) is 6.92 Å². The van der Waals surface area contributed by atoms with Gasteiger partial charge in [-0.2, -0.15) is 0 Å². The lowest BCUT2D eigenvalue weighted by molar-refractivity contribution is 0.559. The van der Waals surface area contributed by atoms with E-state index in [9.17, 15) is 4.79 Å². The van der Waals surface area contributed by atoms with Gasteiger partial charge in [-0.1, -0.05) is 30.3 Å². The van der Waals surface area contributed by atoms with E-state index in [2.05, 4.69) is 0 Å². The van der Waals surface area contributed by atoms with Crippen LogP contribution >= 0.6 is 0 Å². The van der Waals surface area contributed by atoms with Crippen LogP contribution in [-0.2, 0) is 0 Å². The fourth-order valence-corrected chi connectivity index (χ4v) is 2.59. The minimum atomic E-state index is -0.372. The SMILES string of the molecule is Cc1ccc2c(-c3cc4ccccc4o3)cc(=O)oc2c1. The maximum absolute atomic E-state index is 11.8. The van der Waals surface area contributed by atoms with E-state index in [1.165, 1.54) is 6.07 Å². The van der Waals surface area contributed by atoms with Gasteiger partial charge in [-0.25, -0.2) is 4.79 Å². The van der Waals surface area contributed by atoms with Gasteiger partial charge in [-0.15, -0.1) is 0 Å². The number of fused-ring (bicyclic) bond motifs is 2. The molecular formula is C18H12O3. The first-order chi connectivity index (χ1) is 10.2. The van der Waals surface area contributed by atoms with Crippen molar-refractivity contribution in [3.8, 4) is 11.3 Å². The zero-order chi connectivity index (χ0) is 14.4. The summed E-state index contributed by atoms with van der Waals surface area (Å²) in [6.45, 7) is 1.97. The predicted molar refractivity (Wildman–Crippen MR) is 82.4 cm³/mol. The van der Waals surface area contributed by atoms with Gasteiger partial charge in [-0.05, 0) is 30.7 Å². The zero-order valence-electron chi connectivity index (χ0n) is 11.4. The highest BCUT2D eigenvalue weighted by atomic mass is 16.4. The fourth-order valence-electron chi connectivity index (χ4n) is 2.59. The van der Waals surface area contributed by atoms with Crippen LogP contribution in [0.25, 0.3) is 33.3 Å². The van der Waals surface area contributed by atoms with Crippen LogP contribution in [0.4, 0.5) is 0 Å². The molecule has 0 aliphatic heterocycles. The molecule has 3 heteroatoms. The Balaban J connectivity index is 2.07. The van der Waals surface area contributed by atoms with Crippen molar-refractivity contribution in [2.24, 2.45) is 0 Å². The molecule has 4 rings (SSSR count). The smallest absolute Gasteiger partial charge is 0.336 e. The molecule has 4 aromatic rings. The fraction of sp³-hybridized carbons (Fsp3) is 0.0556. The average Bonchev–Trinajstić information content (AvgIpc) is 2.89. The molecule has 0 saturated carbocycles. The lowest BCUT2D eigenvalue weighted by Crippen LogP contribution is -1.97. The van der Waals surface area contributed by atoms with Crippen molar-refractivity contribution in [1.82, 2.24) is 0 Å². The van der Waals surface area contributed by atoms with Crippen LogP contribution in [0.2, 0.25) is 0 Å². The normalized spacial score (nSPS) is 11.3. The van der Waals surface area contributed by atoms with Gasteiger partial charge in [-0.3, -0.25) is 0 Å². The molecule has 3 nitrogen and oxygen atoms in total. The van der Waals surface area contributed by atoms with E-state index in [0.717, 1.165) is 27.5 Å². The molecule has 0 radical (unpaired) electrons. The number of hydrogen-bond donors (Lipinski definition) is 0. The average molecular weight is 276 g/mol. The van der Waals surface area contributed by atoms with E-state index in [0.29, 0.717) is 11.3 Å². The monoisotopic (exact) mass is 276 g/mol. The van der Waals surface area contributed by atoms with Crippen molar-refractivity contribution < 1.29 is 8.83 Å². The molecule has 2 aromatic carbocycles. The van der Waals surface area contributed by atoms with Gasteiger partial charge >= 0.3 is 5.63 Å². The zero-order valence-corrected chi connectivity index (χ0v) is 11.4. The van der Waals surface area contributed by atoms with Crippen LogP contribution in [0.15, 0.2) is 68.2 Å². The third kappa shape index (κ3) is 1.94. The summed E-state index contributed by atoms with van der Waals surface area (Å²) in [4.78, 5) is 11.8. The van der Waals surface area contributed by atoms with Crippen molar-refractivity contribution in [2.75, 3.05) is 0 Å². The van der Waals surface area contributed by atoms with Gasteiger partial charge in [0.1, 0.15) is 16.9 Å². The largest absolute Gasteiger partial charge is 0.456 e. The molecule has 0 unspecified atom stereocenters. The van der Waals surface area contributed by atoms with Crippen molar-refractivity contribution >= 4 is 21.9 Å². The van der Waals surface area contributed by atoms with E-state index in [4.69, 9.17) is 8.83 Å². The highest BCUT2D eigenvalue weighted by Gasteiger charge is 2.12. The van der Waals surface area contributed by atoms with Crippen molar-refractivity contribution in [3.63, 3.8) is 0 Å². The molecule has 0 N–H and O–H groups in total. The molecule has 0 bridgehead atoms. The summed E-state index contributed by atoms with van der Waals surface area (Å²) in [7, 11) is 0. The molecule has 21 heavy (non-hydrogen) atoms. The summed E-state index contributed by atoms with van der Waals surface area (Å²) in [6.07, 6.45) is 0. The Hall–Kier alpha value is -2.81. The van der Waals surface area contributed by atoms with Crippen LogP contribution in [0, 0.1) is 6.92 Å². The summed E-state index contributed by atoms with van der Waals surface area (Å²) in [5.74, 6) is 0.679. The highest BCUT2D eigenvalue weighted by molar-refractivity contribution is 5.94. The molecule has 0 fully saturated rings. The number of para-hydroxylation sites is 1. The van der Waals surface area contributed by atoms with Gasteiger partial charge in [0, 0.05) is 22.4 Å². The Morgan fingerprint density at radius 3 is 2.57 bits per heavy atom. The number of benzene rings is 2. The number of aryl methyl sites for hydroxylation is 1. The maximum Gasteiger partial charge on any atom is 0.336 e. The molecule has 0 aliphatic rings. The first-order valence-electron chi connectivity index (χ1n) is 6.74. The second-order valence-electron chi connectivity index (χ2n) is 5.13. The van der Waals surface area contributed by atoms with Crippen LogP contribution in [-0.4, -0.2) is 0 Å². The molecule has 102 valence electrons. The van der Waals surface area contributed by atoms with E-state index in [-0.39, 0.29) is 5.63 Å². The van der Waals surface area contributed by atoms with Crippen LogP contribution in [0.1, 0.15) is 5.56 Å². The summed E-state index contributed by atoms with van der Waals surface area (Å²) in [6, 6.07) is 17.0. The summed E-state index contributed by atoms with van der Waals surface area (Å²) >= 11 is 0. The van der Waals surface area contributed by atoms with Crippen LogP contribution < -0.4 is 5.63 Å². The second-order valence-corrected chi connectivity index (χ2v) is 5.13. The second kappa shape index (κ2) is 4.35. The molecule has 2 heterocycles. The van der Waals surface area contributed by atoms with Crippen molar-refractivity contribution in [3.05, 3.63) is 70.6 Å². The Morgan fingerprint density at radius 1 is 0.857 bits per heavy atom. The molecule has 2 aromatic heterocycles. The Kier molecular flexibility index (Phi) is 2.48. The number of hydrogen-bond acceptors (Lipinski definition) is 3. The quantitative estimate of drug-likeness (QED) is 0.480. The van der Waals surface area contributed by atoms with Crippen molar-refractivity contribution in [1.29, 1.82) is 0 Å². The summed E-state index contributed by atoms with van der Waals surface area (Å²) < 4.78 is 11.1. The first kappa shape index (κ1) is 12.0. The Bertz CT molecular complexity index is 988. The standard InChI is InChI=1S/C18H12O3/c1-11-6-7-13-14(10-18(19)21-16(13)8-11)17-9-12-4-2-3-5-15(12)20-17/h2-10H,1H3. The van der Waals surface area contributed by atoms with Crippen LogP contribution in [0.5, 0.6) is 0 Å². The lowest BCUT2D eigenvalue weighted by Gasteiger charge is -2.03. The molecule has 0 spiro atoms. The number of furan rings is 1. The lowest BCUT2D eigenvalue weighted by atomic mass is 10.1. The molecule has 0 aliphatic carbocycles. The van der Waals surface area contributed by atoms with E-state index in [1.807, 2.05) is 55.5 Å². The molecular weight excluding hydrogens is 264 g/mol. The Morgan fingerprint density at radius 2 is 1.71 bits per heavy atom. The molecule has 0 saturated heterocycles. The van der Waals surface area contributed by atoms with Gasteiger partial charge in [0.05, 0.1) is 0 Å². The van der Waals surface area contributed by atoms with Gasteiger partial charge in [0.15, 0.2) is 0 Å². The van der Waals surface area contributed by atoms with Crippen LogP contribution in [0.3, 0.4) is 0 Å². The number of rotatable bonds is 1. The van der Waals surface area contributed by atoms with Gasteiger partial charge in [0.2, 0.25) is 0 Å². The summed E-state index contributed by atoms with van der Waals surface area (Å²) in [5, 5.41) is 1.89. The molecule has 0 atom stereocenters. The minimum absolute atomic E-state index is 0.372. The van der Waals surface area contributed by atoms with Gasteiger partial charge < -0.3 is 8.83 Å². The van der Waals surface area contributed by atoms with E-state index < -0.39 is 0 Å². The van der Waals surface area contributed by atoms with Gasteiger partial charge in [0.25, 0.3) is 0 Å². The summed E-state index contributed by atoms with van der Waals surface area (Å²) in [5.41, 5.74) is 2.83. The van der Waals surface area contributed by atoms with E-state index in [1.54, 1.807) is 0 Å². The van der Waals surface area contributed by atoms with E-state index >= 15 is 0 Å². The first-order valence-corrected chi connectivity index (χ1v) is 6.74. The maximum atomic E-state index is 11.8. The Labute approximate surface area is 120 Å². The predicted octanol–water partition coefficient (Wildman–Crippen LogP) is 4.51. The molecule has 0 amide bonds. The minimum Gasteiger partial charge on any atom is -0.456 e. The third-order valence-corrected chi connectivity index (χ3v) is 3.59. The third-order valence-electron chi connectivity index (χ3n) is 3.59. The topological polar surface area (TPSA) is 43.4 Å².